The summed E-state index contributed by atoms with van der Waals surface area (Å²) in [6.45, 7) is 5.76. The summed E-state index contributed by atoms with van der Waals surface area (Å²) in [5.41, 5.74) is 0.0854. The first-order chi connectivity index (χ1) is 10.9. The Morgan fingerprint density at radius 3 is 2.57 bits per heavy atom. The molecule has 0 aliphatic rings. The van der Waals surface area contributed by atoms with Crippen molar-refractivity contribution in [2.24, 2.45) is 0 Å². The van der Waals surface area contributed by atoms with E-state index in [0.717, 1.165) is 5.56 Å². The van der Waals surface area contributed by atoms with Crippen molar-refractivity contribution in [2.75, 3.05) is 11.9 Å². The first-order valence-electron chi connectivity index (χ1n) is 7.68. The van der Waals surface area contributed by atoms with E-state index in [1.807, 2.05) is 44.2 Å². The molecule has 0 spiro atoms. The number of rotatable bonds is 6. The minimum Gasteiger partial charge on any atom is -0.384 e. The zero-order chi connectivity index (χ0) is 16.9. The summed E-state index contributed by atoms with van der Waals surface area (Å²) in [4.78, 5) is 16.6. The summed E-state index contributed by atoms with van der Waals surface area (Å²) in [6.07, 6.45) is 1.64. The lowest BCUT2D eigenvalue weighted by atomic mass is 9.96. The number of benzene rings is 1. The van der Waals surface area contributed by atoms with E-state index < -0.39 is 5.60 Å². The average Bonchev–Trinajstić information content (AvgIpc) is 2.53. The first-order valence-corrected chi connectivity index (χ1v) is 7.68. The van der Waals surface area contributed by atoms with Gasteiger partial charge in [0, 0.05) is 12.2 Å². The van der Waals surface area contributed by atoms with Crippen molar-refractivity contribution in [1.29, 1.82) is 0 Å². The maximum absolute atomic E-state index is 12.4. The van der Waals surface area contributed by atoms with Crippen molar-refractivity contribution in [3.05, 3.63) is 59.8 Å². The molecule has 23 heavy (non-hydrogen) atoms. The molecule has 0 radical (unpaired) electrons. The molecule has 2 aromatic rings. The molecule has 1 aromatic heterocycles. The van der Waals surface area contributed by atoms with Gasteiger partial charge in [-0.05, 0) is 38.5 Å². The molecule has 5 heteroatoms. The molecule has 0 aliphatic carbocycles. The number of hydrogen-bond acceptors (Lipinski definition) is 4. The van der Waals surface area contributed by atoms with E-state index in [1.54, 1.807) is 25.3 Å². The predicted molar refractivity (Wildman–Crippen MR) is 91.3 cm³/mol. The molecule has 1 atom stereocenters. The SMILES string of the molecule is CC(C)Nc1ncccc1C(=O)NCC(C)(O)c1ccccc1. The van der Waals surface area contributed by atoms with Crippen molar-refractivity contribution >= 4 is 11.7 Å². The molecule has 1 amide bonds. The smallest absolute Gasteiger partial charge is 0.255 e. The van der Waals surface area contributed by atoms with Crippen LogP contribution in [0.1, 0.15) is 36.7 Å². The van der Waals surface area contributed by atoms with Crippen LogP contribution in [0.2, 0.25) is 0 Å². The molecule has 0 saturated carbocycles. The van der Waals surface area contributed by atoms with E-state index in [-0.39, 0.29) is 18.5 Å². The number of carbonyl (C=O) groups is 1. The number of anilines is 1. The molecule has 0 aliphatic heterocycles. The second-order valence-electron chi connectivity index (χ2n) is 6.02. The van der Waals surface area contributed by atoms with Gasteiger partial charge < -0.3 is 15.7 Å². The Hall–Kier alpha value is -2.40. The van der Waals surface area contributed by atoms with Crippen molar-refractivity contribution in [3.63, 3.8) is 0 Å². The molecule has 5 nitrogen and oxygen atoms in total. The van der Waals surface area contributed by atoms with E-state index in [9.17, 15) is 9.90 Å². The highest BCUT2D eigenvalue weighted by Gasteiger charge is 2.24. The van der Waals surface area contributed by atoms with E-state index >= 15 is 0 Å². The summed E-state index contributed by atoms with van der Waals surface area (Å²) in [5.74, 6) is 0.275. The van der Waals surface area contributed by atoms with Gasteiger partial charge in [-0.15, -0.1) is 0 Å². The van der Waals surface area contributed by atoms with Gasteiger partial charge in [-0.25, -0.2) is 4.98 Å². The third-order valence-electron chi connectivity index (χ3n) is 3.47. The van der Waals surface area contributed by atoms with Crippen LogP contribution in [0.25, 0.3) is 0 Å². The molecule has 0 fully saturated rings. The first kappa shape index (κ1) is 17.0. The summed E-state index contributed by atoms with van der Waals surface area (Å²) in [7, 11) is 0. The van der Waals surface area contributed by atoms with E-state index in [0.29, 0.717) is 11.4 Å². The Kier molecular flexibility index (Phi) is 5.34. The molecule has 3 N–H and O–H groups in total. The normalized spacial score (nSPS) is 13.4. The standard InChI is InChI=1S/C18H23N3O2/c1-13(2)21-16-15(10-7-11-19-16)17(22)20-12-18(3,23)14-8-5-4-6-9-14/h4-11,13,23H,12H2,1-3H3,(H,19,21)(H,20,22). The monoisotopic (exact) mass is 313 g/mol. The van der Waals surface area contributed by atoms with Crippen LogP contribution in [0.3, 0.4) is 0 Å². The van der Waals surface area contributed by atoms with Crippen molar-refractivity contribution in [2.45, 2.75) is 32.4 Å². The fraction of sp³-hybridized carbons (Fsp3) is 0.333. The fourth-order valence-electron chi connectivity index (χ4n) is 2.22. The third kappa shape index (κ3) is 4.53. The molecule has 0 bridgehead atoms. The van der Waals surface area contributed by atoms with Gasteiger partial charge in [0.15, 0.2) is 0 Å². The highest BCUT2D eigenvalue weighted by molar-refractivity contribution is 5.98. The van der Waals surface area contributed by atoms with Crippen LogP contribution < -0.4 is 10.6 Å². The Morgan fingerprint density at radius 2 is 1.91 bits per heavy atom. The van der Waals surface area contributed by atoms with E-state index in [2.05, 4.69) is 15.6 Å². The molecular formula is C18H23N3O2. The number of aliphatic hydroxyl groups is 1. The van der Waals surface area contributed by atoms with Gasteiger partial charge in [0.25, 0.3) is 5.91 Å². The fourth-order valence-corrected chi connectivity index (χ4v) is 2.22. The Balaban J connectivity index is 2.08. The second-order valence-corrected chi connectivity index (χ2v) is 6.02. The van der Waals surface area contributed by atoms with Crippen LogP contribution in [0.5, 0.6) is 0 Å². The zero-order valence-corrected chi connectivity index (χ0v) is 13.7. The van der Waals surface area contributed by atoms with Crippen LogP contribution in [0.15, 0.2) is 48.7 Å². The molecule has 1 aromatic carbocycles. The van der Waals surface area contributed by atoms with Gasteiger partial charge in [-0.3, -0.25) is 4.79 Å². The number of nitrogens with zero attached hydrogens (tertiary/aromatic N) is 1. The number of amides is 1. The molecule has 0 saturated heterocycles. The minimum atomic E-state index is -1.13. The maximum atomic E-state index is 12.4. The van der Waals surface area contributed by atoms with Gasteiger partial charge in [0.1, 0.15) is 11.4 Å². The largest absolute Gasteiger partial charge is 0.384 e. The Labute approximate surface area is 136 Å². The van der Waals surface area contributed by atoms with Crippen molar-refractivity contribution in [3.8, 4) is 0 Å². The summed E-state index contributed by atoms with van der Waals surface area (Å²) in [5, 5.41) is 16.5. The van der Waals surface area contributed by atoms with Crippen molar-refractivity contribution < 1.29 is 9.90 Å². The minimum absolute atomic E-state index is 0.117. The van der Waals surface area contributed by atoms with Crippen LogP contribution in [-0.2, 0) is 5.60 Å². The van der Waals surface area contributed by atoms with Crippen LogP contribution in [-0.4, -0.2) is 28.6 Å². The van der Waals surface area contributed by atoms with Gasteiger partial charge in [-0.2, -0.15) is 0 Å². The van der Waals surface area contributed by atoms with Gasteiger partial charge >= 0.3 is 0 Å². The number of aromatic nitrogens is 1. The highest BCUT2D eigenvalue weighted by Crippen LogP contribution is 2.19. The molecule has 1 heterocycles. The number of nitrogens with one attached hydrogen (secondary N) is 2. The topological polar surface area (TPSA) is 74.2 Å². The lowest BCUT2D eigenvalue weighted by molar-refractivity contribution is 0.0526. The number of hydrogen-bond donors (Lipinski definition) is 3. The van der Waals surface area contributed by atoms with Gasteiger partial charge in [0.05, 0.1) is 12.1 Å². The Morgan fingerprint density at radius 1 is 1.22 bits per heavy atom. The van der Waals surface area contributed by atoms with E-state index in [4.69, 9.17) is 0 Å². The summed E-state index contributed by atoms with van der Waals surface area (Å²) < 4.78 is 0. The maximum Gasteiger partial charge on any atom is 0.255 e. The predicted octanol–water partition coefficient (Wildman–Crippen LogP) is 2.54. The second kappa shape index (κ2) is 7.24. The van der Waals surface area contributed by atoms with Gasteiger partial charge in [0.2, 0.25) is 0 Å². The summed E-state index contributed by atoms with van der Waals surface area (Å²) in [6, 6.07) is 12.9. The molecule has 2 rings (SSSR count). The van der Waals surface area contributed by atoms with Crippen LogP contribution >= 0.6 is 0 Å². The van der Waals surface area contributed by atoms with Gasteiger partial charge in [-0.1, -0.05) is 30.3 Å². The molecule has 122 valence electrons. The lowest BCUT2D eigenvalue weighted by Gasteiger charge is -2.24. The number of pyridine rings is 1. The van der Waals surface area contributed by atoms with Crippen LogP contribution in [0.4, 0.5) is 5.82 Å². The molecular weight excluding hydrogens is 290 g/mol. The third-order valence-corrected chi connectivity index (χ3v) is 3.47. The average molecular weight is 313 g/mol. The van der Waals surface area contributed by atoms with Crippen molar-refractivity contribution in [1.82, 2.24) is 10.3 Å². The van der Waals surface area contributed by atoms with Crippen LogP contribution in [0, 0.1) is 0 Å². The number of carbonyl (C=O) groups excluding carboxylic acids is 1. The lowest BCUT2D eigenvalue weighted by Crippen LogP contribution is -2.39. The zero-order valence-electron chi connectivity index (χ0n) is 13.7. The van der Waals surface area contributed by atoms with E-state index in [1.165, 1.54) is 0 Å². The highest BCUT2D eigenvalue weighted by atomic mass is 16.3. The summed E-state index contributed by atoms with van der Waals surface area (Å²) >= 11 is 0. The molecule has 1 unspecified atom stereocenters. The quantitative estimate of drug-likeness (QED) is 0.766. The Bertz CT molecular complexity index is 654.